The van der Waals surface area contributed by atoms with E-state index < -0.39 is 17.4 Å². The average molecular weight is 336 g/mol. The van der Waals surface area contributed by atoms with Crippen molar-refractivity contribution < 1.29 is 19.5 Å². The van der Waals surface area contributed by atoms with E-state index in [1.54, 1.807) is 0 Å². The second kappa shape index (κ2) is 6.73. The monoisotopic (exact) mass is 336 g/mol. The lowest BCUT2D eigenvalue weighted by Crippen LogP contribution is -2.58. The fraction of sp³-hybridized carbons (Fsp3) is 0.833. The number of hydrogen-bond acceptors (Lipinski definition) is 3. The van der Waals surface area contributed by atoms with Crippen molar-refractivity contribution >= 4 is 17.8 Å². The topological polar surface area (TPSA) is 86.7 Å². The van der Waals surface area contributed by atoms with Crippen LogP contribution in [0.4, 0.5) is 0 Å². The second-order valence-electron chi connectivity index (χ2n) is 7.94. The van der Waals surface area contributed by atoms with Gasteiger partial charge in [-0.1, -0.05) is 12.8 Å². The molecule has 3 unspecified atom stereocenters. The number of amides is 2. The lowest BCUT2D eigenvalue weighted by molar-refractivity contribution is -0.147. The summed E-state index contributed by atoms with van der Waals surface area (Å²) in [5, 5.41) is 12.5. The van der Waals surface area contributed by atoms with Crippen LogP contribution in [0.1, 0.15) is 58.3 Å². The Bertz CT molecular complexity index is 531. The molecule has 0 bridgehead atoms. The number of piperidine rings is 1. The molecule has 2 aliphatic carbocycles. The molecule has 3 fully saturated rings. The van der Waals surface area contributed by atoms with Gasteiger partial charge in [-0.2, -0.15) is 0 Å². The SMILES string of the molecule is CC1(NC(=O)C2CCCN(C(=O)C3CC3)C2)CCCCC1C(=O)O. The van der Waals surface area contributed by atoms with Crippen LogP contribution in [0.2, 0.25) is 0 Å². The summed E-state index contributed by atoms with van der Waals surface area (Å²) in [6.45, 7) is 3.09. The number of likely N-dealkylation sites (tertiary alicyclic amines) is 1. The van der Waals surface area contributed by atoms with E-state index in [4.69, 9.17) is 0 Å². The van der Waals surface area contributed by atoms with Crippen LogP contribution in [0.25, 0.3) is 0 Å². The molecule has 1 saturated heterocycles. The summed E-state index contributed by atoms with van der Waals surface area (Å²) in [7, 11) is 0. The predicted octanol–water partition coefficient (Wildman–Crippen LogP) is 1.78. The molecule has 1 heterocycles. The van der Waals surface area contributed by atoms with Crippen molar-refractivity contribution in [3.05, 3.63) is 0 Å². The number of carboxylic acids is 1. The van der Waals surface area contributed by atoms with Crippen LogP contribution >= 0.6 is 0 Å². The molecule has 3 atom stereocenters. The van der Waals surface area contributed by atoms with Gasteiger partial charge in [-0.15, -0.1) is 0 Å². The largest absolute Gasteiger partial charge is 0.481 e. The summed E-state index contributed by atoms with van der Waals surface area (Å²) >= 11 is 0. The van der Waals surface area contributed by atoms with Gasteiger partial charge in [-0.25, -0.2) is 0 Å². The molecule has 2 amide bonds. The van der Waals surface area contributed by atoms with Gasteiger partial charge in [0.2, 0.25) is 11.8 Å². The van der Waals surface area contributed by atoms with Gasteiger partial charge in [0.1, 0.15) is 0 Å². The first-order valence-corrected chi connectivity index (χ1v) is 9.24. The van der Waals surface area contributed by atoms with Crippen molar-refractivity contribution in [2.75, 3.05) is 13.1 Å². The standard InChI is InChI=1S/C18H28N2O4/c1-18(9-3-2-6-14(18)17(23)24)19-15(21)13-5-4-10-20(11-13)16(22)12-7-8-12/h12-14H,2-11H2,1H3,(H,19,21)(H,23,24). The highest BCUT2D eigenvalue weighted by atomic mass is 16.4. The quantitative estimate of drug-likeness (QED) is 0.819. The van der Waals surface area contributed by atoms with Gasteiger partial charge in [0, 0.05) is 19.0 Å². The summed E-state index contributed by atoms with van der Waals surface area (Å²) in [4.78, 5) is 38.4. The second-order valence-corrected chi connectivity index (χ2v) is 7.94. The molecule has 134 valence electrons. The fourth-order valence-electron chi connectivity index (χ4n) is 4.24. The Morgan fingerprint density at radius 3 is 2.46 bits per heavy atom. The lowest BCUT2D eigenvalue weighted by atomic mass is 9.73. The summed E-state index contributed by atoms with van der Waals surface area (Å²) in [5.74, 6) is -1.28. The van der Waals surface area contributed by atoms with E-state index in [0.717, 1.165) is 45.1 Å². The van der Waals surface area contributed by atoms with Crippen molar-refractivity contribution in [1.82, 2.24) is 10.2 Å². The van der Waals surface area contributed by atoms with Gasteiger partial charge in [0.05, 0.1) is 17.4 Å². The van der Waals surface area contributed by atoms with Crippen LogP contribution in [-0.4, -0.2) is 46.4 Å². The number of aliphatic carboxylic acids is 1. The molecule has 0 aromatic carbocycles. The molecular weight excluding hydrogens is 308 g/mol. The van der Waals surface area contributed by atoms with Crippen LogP contribution in [0.15, 0.2) is 0 Å². The lowest BCUT2D eigenvalue weighted by Gasteiger charge is -2.41. The first-order chi connectivity index (χ1) is 11.4. The third-order valence-electron chi connectivity index (χ3n) is 5.95. The van der Waals surface area contributed by atoms with Gasteiger partial charge >= 0.3 is 5.97 Å². The van der Waals surface area contributed by atoms with Crippen LogP contribution in [0.3, 0.4) is 0 Å². The number of carbonyl (C=O) groups excluding carboxylic acids is 2. The summed E-state index contributed by atoms with van der Waals surface area (Å²) in [6, 6.07) is 0. The minimum Gasteiger partial charge on any atom is -0.481 e. The van der Waals surface area contributed by atoms with Crippen molar-refractivity contribution in [3.8, 4) is 0 Å². The Kier molecular flexibility index (Phi) is 4.83. The molecule has 24 heavy (non-hydrogen) atoms. The molecule has 0 aromatic rings. The third-order valence-corrected chi connectivity index (χ3v) is 5.95. The van der Waals surface area contributed by atoms with Gasteiger partial charge in [0.15, 0.2) is 0 Å². The summed E-state index contributed by atoms with van der Waals surface area (Å²) in [6.07, 6.45) is 6.72. The average Bonchev–Trinajstić information content (AvgIpc) is 3.39. The van der Waals surface area contributed by atoms with Crippen molar-refractivity contribution in [1.29, 1.82) is 0 Å². The van der Waals surface area contributed by atoms with E-state index in [9.17, 15) is 19.5 Å². The van der Waals surface area contributed by atoms with Crippen LogP contribution in [0.5, 0.6) is 0 Å². The maximum Gasteiger partial charge on any atom is 0.308 e. The number of carbonyl (C=O) groups is 3. The zero-order valence-corrected chi connectivity index (χ0v) is 14.4. The molecule has 2 saturated carbocycles. The minimum atomic E-state index is -0.827. The number of nitrogens with one attached hydrogen (secondary N) is 1. The van der Waals surface area contributed by atoms with Gasteiger partial charge in [-0.3, -0.25) is 14.4 Å². The molecule has 3 aliphatic rings. The Morgan fingerprint density at radius 2 is 1.79 bits per heavy atom. The smallest absolute Gasteiger partial charge is 0.308 e. The Labute approximate surface area is 143 Å². The highest BCUT2D eigenvalue weighted by molar-refractivity contribution is 5.84. The zero-order chi connectivity index (χ0) is 17.3. The highest BCUT2D eigenvalue weighted by Crippen LogP contribution is 2.35. The number of hydrogen-bond donors (Lipinski definition) is 2. The zero-order valence-electron chi connectivity index (χ0n) is 14.4. The molecule has 6 heteroatoms. The maximum atomic E-state index is 12.8. The summed E-state index contributed by atoms with van der Waals surface area (Å²) in [5.41, 5.74) is -0.677. The number of rotatable bonds is 4. The molecule has 0 aromatic heterocycles. The van der Waals surface area contributed by atoms with Crippen molar-refractivity contribution in [2.45, 2.75) is 63.8 Å². The third kappa shape index (κ3) is 3.57. The predicted molar refractivity (Wildman–Crippen MR) is 88.2 cm³/mol. The van der Waals surface area contributed by atoms with E-state index in [2.05, 4.69) is 5.32 Å². The fourth-order valence-corrected chi connectivity index (χ4v) is 4.24. The van der Waals surface area contributed by atoms with Gasteiger partial charge in [-0.05, 0) is 45.4 Å². The van der Waals surface area contributed by atoms with Crippen LogP contribution in [0, 0.1) is 17.8 Å². The molecule has 6 nitrogen and oxygen atoms in total. The van der Waals surface area contributed by atoms with Crippen LogP contribution < -0.4 is 5.32 Å². The number of nitrogens with zero attached hydrogens (tertiary/aromatic N) is 1. The van der Waals surface area contributed by atoms with Crippen LogP contribution in [-0.2, 0) is 14.4 Å². The van der Waals surface area contributed by atoms with Crippen molar-refractivity contribution in [2.24, 2.45) is 17.8 Å². The van der Waals surface area contributed by atoms with E-state index in [1.807, 2.05) is 11.8 Å². The van der Waals surface area contributed by atoms with Crippen molar-refractivity contribution in [3.63, 3.8) is 0 Å². The number of carboxylic acid groups (broad SMARTS) is 1. The molecular formula is C18H28N2O4. The highest BCUT2D eigenvalue weighted by Gasteiger charge is 2.44. The van der Waals surface area contributed by atoms with Gasteiger partial charge < -0.3 is 15.3 Å². The first-order valence-electron chi connectivity index (χ1n) is 9.24. The normalized spacial score (nSPS) is 33.8. The molecule has 3 rings (SSSR count). The maximum absolute atomic E-state index is 12.8. The Balaban J connectivity index is 1.62. The summed E-state index contributed by atoms with van der Waals surface area (Å²) < 4.78 is 0. The van der Waals surface area contributed by atoms with E-state index in [-0.39, 0.29) is 23.7 Å². The molecule has 1 aliphatic heterocycles. The Morgan fingerprint density at radius 1 is 1.04 bits per heavy atom. The van der Waals surface area contributed by atoms with E-state index in [0.29, 0.717) is 19.4 Å². The minimum absolute atomic E-state index is 0.0843. The molecule has 0 radical (unpaired) electrons. The molecule has 2 N–H and O–H groups in total. The van der Waals surface area contributed by atoms with Gasteiger partial charge in [0.25, 0.3) is 0 Å². The van der Waals surface area contributed by atoms with E-state index in [1.165, 1.54) is 0 Å². The van der Waals surface area contributed by atoms with E-state index >= 15 is 0 Å². The molecule has 0 spiro atoms. The first kappa shape index (κ1) is 17.2. The Hall–Kier alpha value is -1.59.